The molecule has 2 N–H and O–H groups in total. The maximum absolute atomic E-state index is 12.7. The van der Waals surface area contributed by atoms with E-state index >= 15 is 0 Å². The van der Waals surface area contributed by atoms with Crippen molar-refractivity contribution in [1.29, 1.82) is 0 Å². The molecule has 0 saturated carbocycles. The molecule has 2 rings (SSSR count). The lowest BCUT2D eigenvalue weighted by molar-refractivity contribution is -0.121. The summed E-state index contributed by atoms with van der Waals surface area (Å²) in [5.74, 6) is -0.111. The van der Waals surface area contributed by atoms with Crippen LogP contribution in [0.2, 0.25) is 0 Å². The first-order valence-electron chi connectivity index (χ1n) is 7.92. The van der Waals surface area contributed by atoms with Gasteiger partial charge in [0, 0.05) is 31.6 Å². The molecule has 0 bridgehead atoms. The molecule has 0 aromatic carbocycles. The predicted molar refractivity (Wildman–Crippen MR) is 84.7 cm³/mol. The maximum Gasteiger partial charge on any atom is 0.270 e. The minimum Gasteiger partial charge on any atom is -0.359 e. The maximum atomic E-state index is 12.7. The van der Waals surface area contributed by atoms with Crippen LogP contribution in [-0.4, -0.2) is 34.2 Å². The van der Waals surface area contributed by atoms with E-state index < -0.39 is 5.54 Å². The Morgan fingerprint density at radius 1 is 1.27 bits per heavy atom. The Morgan fingerprint density at radius 2 is 1.95 bits per heavy atom. The number of amides is 2. The molecule has 0 saturated heterocycles. The standard InChI is InChI=1S/C16H26N4O2/c1-16(2,10-9-13(21)17-3)18-15(22)14-11-7-5-6-8-12(11)19-20(14)4/h5-10H2,1-4H3,(H,17,21)(H,18,22). The number of aryl methyl sites for hydroxylation is 2. The van der Waals surface area contributed by atoms with Crippen molar-refractivity contribution in [2.24, 2.45) is 7.05 Å². The van der Waals surface area contributed by atoms with Crippen LogP contribution < -0.4 is 10.6 Å². The molecule has 0 atom stereocenters. The van der Waals surface area contributed by atoms with Crippen molar-refractivity contribution in [3.63, 3.8) is 0 Å². The number of carbonyl (C=O) groups excluding carboxylic acids is 2. The highest BCUT2D eigenvalue weighted by Crippen LogP contribution is 2.24. The van der Waals surface area contributed by atoms with Crippen LogP contribution in [0.1, 0.15) is 61.3 Å². The molecule has 6 nitrogen and oxygen atoms in total. The van der Waals surface area contributed by atoms with Crippen molar-refractivity contribution in [2.75, 3.05) is 7.05 Å². The van der Waals surface area contributed by atoms with E-state index in [1.54, 1.807) is 11.7 Å². The highest BCUT2D eigenvalue weighted by molar-refractivity contribution is 5.94. The Bertz CT molecular complexity index is 575. The van der Waals surface area contributed by atoms with E-state index in [1.807, 2.05) is 20.9 Å². The highest BCUT2D eigenvalue weighted by atomic mass is 16.2. The summed E-state index contributed by atoms with van der Waals surface area (Å²) < 4.78 is 1.69. The molecule has 122 valence electrons. The summed E-state index contributed by atoms with van der Waals surface area (Å²) in [6.07, 6.45) is 5.12. The van der Waals surface area contributed by atoms with Gasteiger partial charge in [-0.3, -0.25) is 14.3 Å². The van der Waals surface area contributed by atoms with E-state index in [2.05, 4.69) is 15.7 Å². The smallest absolute Gasteiger partial charge is 0.270 e. The summed E-state index contributed by atoms with van der Waals surface area (Å²) in [5, 5.41) is 10.1. The van der Waals surface area contributed by atoms with Crippen molar-refractivity contribution >= 4 is 11.8 Å². The molecule has 1 aromatic heterocycles. The van der Waals surface area contributed by atoms with E-state index in [9.17, 15) is 9.59 Å². The third-order valence-corrected chi connectivity index (χ3v) is 4.24. The van der Waals surface area contributed by atoms with Gasteiger partial charge in [-0.05, 0) is 46.0 Å². The van der Waals surface area contributed by atoms with E-state index in [0.717, 1.165) is 36.9 Å². The van der Waals surface area contributed by atoms with Crippen LogP contribution in [0.25, 0.3) is 0 Å². The Balaban J connectivity index is 2.09. The molecule has 0 aliphatic heterocycles. The van der Waals surface area contributed by atoms with Gasteiger partial charge in [-0.25, -0.2) is 0 Å². The van der Waals surface area contributed by atoms with E-state index in [1.165, 1.54) is 0 Å². The van der Waals surface area contributed by atoms with Crippen LogP contribution in [-0.2, 0) is 24.7 Å². The Labute approximate surface area is 131 Å². The summed E-state index contributed by atoms with van der Waals surface area (Å²) in [6.45, 7) is 3.88. The molecule has 0 fully saturated rings. The molecule has 2 amide bonds. The monoisotopic (exact) mass is 306 g/mol. The van der Waals surface area contributed by atoms with E-state index in [-0.39, 0.29) is 11.8 Å². The van der Waals surface area contributed by atoms with Crippen molar-refractivity contribution in [1.82, 2.24) is 20.4 Å². The second-order valence-electron chi connectivity index (χ2n) is 6.62. The molecule has 0 radical (unpaired) electrons. The molecule has 0 spiro atoms. The van der Waals surface area contributed by atoms with Gasteiger partial charge in [-0.15, -0.1) is 0 Å². The molecule has 1 aromatic rings. The minimum atomic E-state index is -0.435. The fourth-order valence-electron chi connectivity index (χ4n) is 2.95. The van der Waals surface area contributed by atoms with Gasteiger partial charge in [0.25, 0.3) is 5.91 Å². The lowest BCUT2D eigenvalue weighted by Crippen LogP contribution is -2.45. The van der Waals surface area contributed by atoms with Crippen LogP contribution >= 0.6 is 0 Å². The molecule has 22 heavy (non-hydrogen) atoms. The van der Waals surface area contributed by atoms with Crippen LogP contribution in [0.5, 0.6) is 0 Å². The van der Waals surface area contributed by atoms with Gasteiger partial charge in [-0.2, -0.15) is 5.10 Å². The molecular weight excluding hydrogens is 280 g/mol. The average molecular weight is 306 g/mol. The normalized spacial score (nSPS) is 14.4. The SMILES string of the molecule is CNC(=O)CCC(C)(C)NC(=O)c1c2c(nn1C)CCCC2. The zero-order valence-corrected chi connectivity index (χ0v) is 14.0. The number of fused-ring (bicyclic) bond motifs is 1. The van der Waals surface area contributed by atoms with Crippen molar-refractivity contribution < 1.29 is 9.59 Å². The summed E-state index contributed by atoms with van der Waals surface area (Å²) in [5.41, 5.74) is 2.38. The van der Waals surface area contributed by atoms with Crippen LogP contribution in [0.4, 0.5) is 0 Å². The van der Waals surface area contributed by atoms with Gasteiger partial charge in [0.2, 0.25) is 5.91 Å². The van der Waals surface area contributed by atoms with Gasteiger partial charge in [0.1, 0.15) is 5.69 Å². The quantitative estimate of drug-likeness (QED) is 0.862. The summed E-state index contributed by atoms with van der Waals surface area (Å²) in [6, 6.07) is 0. The fraction of sp³-hybridized carbons (Fsp3) is 0.688. The largest absolute Gasteiger partial charge is 0.359 e. The van der Waals surface area contributed by atoms with Crippen molar-refractivity contribution in [2.45, 2.75) is 57.9 Å². The number of hydrogen-bond acceptors (Lipinski definition) is 3. The lowest BCUT2D eigenvalue weighted by atomic mass is 9.94. The number of carbonyl (C=O) groups is 2. The molecular formula is C16H26N4O2. The zero-order chi connectivity index (χ0) is 16.3. The third kappa shape index (κ3) is 3.67. The van der Waals surface area contributed by atoms with Gasteiger partial charge < -0.3 is 10.6 Å². The summed E-state index contributed by atoms with van der Waals surface area (Å²) in [7, 11) is 3.45. The number of aromatic nitrogens is 2. The Hall–Kier alpha value is -1.85. The van der Waals surface area contributed by atoms with Crippen LogP contribution in [0.3, 0.4) is 0 Å². The Morgan fingerprint density at radius 3 is 2.64 bits per heavy atom. The van der Waals surface area contributed by atoms with E-state index in [4.69, 9.17) is 0 Å². The van der Waals surface area contributed by atoms with Crippen LogP contribution in [0, 0.1) is 0 Å². The summed E-state index contributed by atoms with van der Waals surface area (Å²) >= 11 is 0. The second-order valence-corrected chi connectivity index (χ2v) is 6.62. The molecule has 1 heterocycles. The van der Waals surface area contributed by atoms with Crippen LogP contribution in [0.15, 0.2) is 0 Å². The van der Waals surface area contributed by atoms with Gasteiger partial charge in [0.05, 0.1) is 5.69 Å². The summed E-state index contributed by atoms with van der Waals surface area (Å²) in [4.78, 5) is 24.0. The lowest BCUT2D eigenvalue weighted by Gasteiger charge is -2.26. The second kappa shape index (κ2) is 6.50. The number of hydrogen-bond donors (Lipinski definition) is 2. The van der Waals surface area contributed by atoms with Crippen molar-refractivity contribution in [3.8, 4) is 0 Å². The van der Waals surface area contributed by atoms with Gasteiger partial charge in [-0.1, -0.05) is 0 Å². The molecule has 0 unspecified atom stereocenters. The van der Waals surface area contributed by atoms with Gasteiger partial charge >= 0.3 is 0 Å². The third-order valence-electron chi connectivity index (χ3n) is 4.24. The number of nitrogens with one attached hydrogen (secondary N) is 2. The first-order valence-corrected chi connectivity index (χ1v) is 7.92. The topological polar surface area (TPSA) is 76.0 Å². The highest BCUT2D eigenvalue weighted by Gasteiger charge is 2.28. The van der Waals surface area contributed by atoms with Gasteiger partial charge in [0.15, 0.2) is 0 Å². The zero-order valence-electron chi connectivity index (χ0n) is 14.0. The first-order chi connectivity index (χ1) is 10.3. The number of nitrogens with zero attached hydrogens (tertiary/aromatic N) is 2. The predicted octanol–water partition coefficient (Wildman–Crippen LogP) is 1.33. The minimum absolute atomic E-state index is 0.0137. The van der Waals surface area contributed by atoms with E-state index in [0.29, 0.717) is 18.5 Å². The fourth-order valence-corrected chi connectivity index (χ4v) is 2.95. The number of rotatable bonds is 5. The molecule has 1 aliphatic rings. The molecule has 1 aliphatic carbocycles. The molecule has 6 heteroatoms. The average Bonchev–Trinajstić information content (AvgIpc) is 2.80. The van der Waals surface area contributed by atoms with Crippen molar-refractivity contribution in [3.05, 3.63) is 17.0 Å². The first kappa shape index (κ1) is 16.5. The Kier molecular flexibility index (Phi) is 4.88.